The van der Waals surface area contributed by atoms with E-state index >= 15 is 0 Å². The first-order chi connectivity index (χ1) is 16.1. The van der Waals surface area contributed by atoms with Crippen LogP contribution in [0.1, 0.15) is 56.6 Å². The van der Waals surface area contributed by atoms with E-state index in [0.29, 0.717) is 29.2 Å². The van der Waals surface area contributed by atoms with Crippen molar-refractivity contribution in [3.63, 3.8) is 0 Å². The number of ketones is 2. The molecule has 186 valence electrons. The molecule has 0 unspecified atom stereocenters. The van der Waals surface area contributed by atoms with Gasteiger partial charge in [0.1, 0.15) is 11.5 Å². The van der Waals surface area contributed by atoms with Crippen molar-refractivity contribution in [2.75, 3.05) is 0 Å². The van der Waals surface area contributed by atoms with Gasteiger partial charge in [-0.05, 0) is 55.7 Å². The zero-order chi connectivity index (χ0) is 24.2. The minimum atomic E-state index is -4.64. The first-order valence-electron chi connectivity index (χ1n) is 11.7. The SMILES string of the molecule is O=C(CC1CC(OC(F)(F)F)C1)[C@H]1C[C@H]2O[C@@H]1C[C@@H]2CC(=O)[C@H]1C[C@@H](O)c2cc(Cl)ccc2O1. The molecule has 0 radical (unpaired) electrons. The molecule has 0 amide bonds. The zero-order valence-corrected chi connectivity index (χ0v) is 19.1. The summed E-state index contributed by atoms with van der Waals surface area (Å²) in [5.41, 5.74) is 0.573. The summed E-state index contributed by atoms with van der Waals surface area (Å²) in [5.74, 6) is 0.0280. The molecule has 4 aliphatic rings. The lowest BCUT2D eigenvalue weighted by atomic mass is 9.73. The average molecular weight is 503 g/mol. The van der Waals surface area contributed by atoms with Gasteiger partial charge in [0.15, 0.2) is 11.9 Å². The predicted octanol–water partition coefficient (Wildman–Crippen LogP) is 4.55. The Balaban J connectivity index is 1.09. The van der Waals surface area contributed by atoms with E-state index in [4.69, 9.17) is 21.1 Å². The minimum Gasteiger partial charge on any atom is -0.482 e. The van der Waals surface area contributed by atoms with Crippen molar-refractivity contribution in [2.45, 2.75) is 81.8 Å². The second-order valence-electron chi connectivity index (χ2n) is 9.96. The van der Waals surface area contributed by atoms with Gasteiger partial charge in [-0.2, -0.15) is 0 Å². The van der Waals surface area contributed by atoms with E-state index in [1.54, 1.807) is 18.2 Å². The fourth-order valence-electron chi connectivity index (χ4n) is 5.87. The zero-order valence-electron chi connectivity index (χ0n) is 18.3. The second-order valence-corrected chi connectivity index (χ2v) is 10.4. The third-order valence-electron chi connectivity index (χ3n) is 7.60. The molecule has 0 aromatic heterocycles. The fourth-order valence-corrected chi connectivity index (χ4v) is 6.05. The summed E-state index contributed by atoms with van der Waals surface area (Å²) in [6, 6.07) is 4.93. The summed E-state index contributed by atoms with van der Waals surface area (Å²) in [6.07, 6.45) is -5.23. The molecule has 1 aromatic rings. The maximum Gasteiger partial charge on any atom is 0.522 e. The highest BCUT2D eigenvalue weighted by molar-refractivity contribution is 6.30. The van der Waals surface area contributed by atoms with Crippen LogP contribution in [0.5, 0.6) is 5.75 Å². The number of benzene rings is 1. The Morgan fingerprint density at radius 2 is 1.82 bits per heavy atom. The summed E-state index contributed by atoms with van der Waals surface area (Å²) in [5, 5.41) is 10.9. The quantitative estimate of drug-likeness (QED) is 0.589. The van der Waals surface area contributed by atoms with Crippen LogP contribution >= 0.6 is 11.6 Å². The van der Waals surface area contributed by atoms with Crippen molar-refractivity contribution in [1.29, 1.82) is 0 Å². The second kappa shape index (κ2) is 9.08. The highest BCUT2D eigenvalue weighted by atomic mass is 35.5. The molecule has 1 aliphatic carbocycles. The minimum absolute atomic E-state index is 0.0119. The van der Waals surface area contributed by atoms with Gasteiger partial charge in [-0.15, -0.1) is 13.2 Å². The number of rotatable bonds is 7. The fraction of sp³-hybridized carbons (Fsp3) is 0.667. The number of aliphatic hydroxyl groups is 1. The summed E-state index contributed by atoms with van der Waals surface area (Å²) >= 11 is 5.97. The highest BCUT2D eigenvalue weighted by Gasteiger charge is 2.51. The first kappa shape index (κ1) is 24.0. The highest BCUT2D eigenvalue weighted by Crippen LogP contribution is 2.47. The molecule has 1 N–H and O–H groups in total. The normalized spacial score (nSPS) is 36.5. The summed E-state index contributed by atoms with van der Waals surface area (Å²) in [4.78, 5) is 25.6. The van der Waals surface area contributed by atoms with E-state index < -0.39 is 24.7 Å². The van der Waals surface area contributed by atoms with Crippen LogP contribution in [0, 0.1) is 17.8 Å². The number of Topliss-reactive ketones (excluding diaryl/α,β-unsaturated/α-hetero) is 2. The number of ether oxygens (including phenoxy) is 3. The van der Waals surface area contributed by atoms with Crippen molar-refractivity contribution in [1.82, 2.24) is 0 Å². The Bertz CT molecular complexity index is 963. The third-order valence-corrected chi connectivity index (χ3v) is 7.84. The first-order valence-corrected chi connectivity index (χ1v) is 12.0. The molecular formula is C24H26ClF3O6. The number of alkyl halides is 3. The van der Waals surface area contributed by atoms with Crippen LogP contribution in [0.2, 0.25) is 5.02 Å². The molecular weight excluding hydrogens is 477 g/mol. The Morgan fingerprint density at radius 1 is 1.06 bits per heavy atom. The van der Waals surface area contributed by atoms with Gasteiger partial charge >= 0.3 is 6.36 Å². The van der Waals surface area contributed by atoms with Crippen LogP contribution in [-0.2, 0) is 19.1 Å². The Kier molecular flexibility index (Phi) is 6.42. The molecule has 2 bridgehead atoms. The standard InChI is InChI=1S/C24H26ClF3O6/c25-13-1-2-20-15(8-13)18(30)10-23(32-20)19(31)6-12-7-22-16(9-21(12)33-22)17(29)5-11-3-14(4-11)34-24(26,27)28/h1-2,8,11-12,14,16,18,21-23,30H,3-7,9-10H2/t11?,12-,14?,16+,18+,21+,22+,23+/m0/s1. The number of carbonyl (C=O) groups is 2. The smallest absolute Gasteiger partial charge is 0.482 e. The van der Waals surface area contributed by atoms with Crippen molar-refractivity contribution in [2.24, 2.45) is 17.8 Å². The van der Waals surface area contributed by atoms with Crippen LogP contribution in [-0.4, -0.2) is 47.5 Å². The number of fused-ring (bicyclic) bond motifs is 3. The van der Waals surface area contributed by atoms with Gasteiger partial charge in [-0.1, -0.05) is 11.6 Å². The lowest BCUT2D eigenvalue weighted by Gasteiger charge is -2.36. The Hall–Kier alpha value is -1.68. The Labute approximate surface area is 199 Å². The van der Waals surface area contributed by atoms with Crippen LogP contribution in [0.3, 0.4) is 0 Å². The number of carbonyl (C=O) groups excluding carboxylic acids is 2. The molecule has 5 rings (SSSR count). The van der Waals surface area contributed by atoms with Crippen molar-refractivity contribution >= 4 is 23.2 Å². The van der Waals surface area contributed by atoms with E-state index in [2.05, 4.69) is 4.74 Å². The predicted molar refractivity (Wildman–Crippen MR) is 113 cm³/mol. The molecule has 3 aliphatic heterocycles. The van der Waals surface area contributed by atoms with E-state index in [0.717, 1.165) is 0 Å². The number of halogens is 4. The van der Waals surface area contributed by atoms with Crippen molar-refractivity contribution in [3.05, 3.63) is 28.8 Å². The van der Waals surface area contributed by atoms with Crippen LogP contribution in [0.15, 0.2) is 18.2 Å². The maximum absolute atomic E-state index is 12.9. The maximum atomic E-state index is 12.9. The number of aliphatic hydroxyl groups excluding tert-OH is 1. The van der Waals surface area contributed by atoms with Crippen LogP contribution in [0.4, 0.5) is 13.2 Å². The molecule has 3 fully saturated rings. The van der Waals surface area contributed by atoms with Gasteiger partial charge in [-0.25, -0.2) is 0 Å². The van der Waals surface area contributed by atoms with Gasteiger partial charge < -0.3 is 14.6 Å². The molecule has 1 saturated carbocycles. The molecule has 34 heavy (non-hydrogen) atoms. The van der Waals surface area contributed by atoms with Crippen molar-refractivity contribution in [3.8, 4) is 5.75 Å². The van der Waals surface area contributed by atoms with Gasteiger partial charge in [0.25, 0.3) is 0 Å². The van der Waals surface area contributed by atoms with E-state index in [1.807, 2.05) is 0 Å². The average Bonchev–Trinajstić information content (AvgIpc) is 3.32. The van der Waals surface area contributed by atoms with E-state index in [9.17, 15) is 27.9 Å². The largest absolute Gasteiger partial charge is 0.522 e. The topological polar surface area (TPSA) is 82.1 Å². The Morgan fingerprint density at radius 3 is 2.50 bits per heavy atom. The molecule has 1 aromatic carbocycles. The number of hydrogen-bond donors (Lipinski definition) is 1. The molecule has 6 atom stereocenters. The van der Waals surface area contributed by atoms with Gasteiger partial charge in [0.05, 0.1) is 24.4 Å². The molecule has 10 heteroatoms. The molecule has 0 spiro atoms. The van der Waals surface area contributed by atoms with Gasteiger partial charge in [-0.3, -0.25) is 14.3 Å². The van der Waals surface area contributed by atoms with Gasteiger partial charge in [0, 0.05) is 35.8 Å². The summed E-state index contributed by atoms with van der Waals surface area (Å²) < 4.78 is 52.5. The van der Waals surface area contributed by atoms with E-state index in [1.165, 1.54) is 0 Å². The monoisotopic (exact) mass is 502 g/mol. The summed E-state index contributed by atoms with van der Waals surface area (Å²) in [7, 11) is 0. The van der Waals surface area contributed by atoms with Gasteiger partial charge in [0.2, 0.25) is 0 Å². The molecule has 2 saturated heterocycles. The molecule has 6 nitrogen and oxygen atoms in total. The third kappa shape index (κ3) is 4.98. The van der Waals surface area contributed by atoms with Crippen LogP contribution < -0.4 is 4.74 Å². The number of hydrogen-bond acceptors (Lipinski definition) is 6. The van der Waals surface area contributed by atoms with Crippen molar-refractivity contribution < 1.29 is 42.1 Å². The lowest BCUT2D eigenvalue weighted by molar-refractivity contribution is -0.354. The van der Waals surface area contributed by atoms with E-state index in [-0.39, 0.29) is 73.6 Å². The summed E-state index contributed by atoms with van der Waals surface area (Å²) in [6.45, 7) is 0. The lowest BCUT2D eigenvalue weighted by Crippen LogP contribution is -2.39. The molecule has 3 heterocycles. The van der Waals surface area contributed by atoms with Crippen LogP contribution in [0.25, 0.3) is 0 Å².